The minimum absolute atomic E-state index is 0.0165. The fourth-order valence-electron chi connectivity index (χ4n) is 3.13. The van der Waals surface area contributed by atoms with Crippen LogP contribution in [0.1, 0.15) is 25.3 Å². The number of rotatable bonds is 1. The van der Waals surface area contributed by atoms with Gasteiger partial charge in [0.25, 0.3) is 0 Å². The molecular weight excluding hydrogens is 238 g/mol. The van der Waals surface area contributed by atoms with Gasteiger partial charge in [0.1, 0.15) is 0 Å². The van der Waals surface area contributed by atoms with Crippen LogP contribution >= 0.6 is 0 Å². The Morgan fingerprint density at radius 3 is 2.74 bits per heavy atom. The lowest BCUT2D eigenvalue weighted by Gasteiger charge is -2.43. The number of anilines is 1. The molecule has 0 atom stereocenters. The number of nitrogens with zero attached hydrogens (tertiary/aromatic N) is 1. The van der Waals surface area contributed by atoms with Crippen molar-refractivity contribution in [1.82, 2.24) is 10.2 Å². The van der Waals surface area contributed by atoms with Crippen molar-refractivity contribution in [2.24, 2.45) is 0 Å². The monoisotopic (exact) mass is 259 g/mol. The van der Waals surface area contributed by atoms with Gasteiger partial charge >= 0.3 is 6.03 Å². The predicted molar refractivity (Wildman–Crippen MR) is 76.4 cm³/mol. The Kier molecular flexibility index (Phi) is 3.19. The van der Waals surface area contributed by atoms with Gasteiger partial charge in [-0.25, -0.2) is 4.79 Å². The Bertz CT molecular complexity index is 480. The third-order valence-electron chi connectivity index (χ3n) is 4.44. The molecule has 2 amide bonds. The molecule has 3 rings (SSSR count). The van der Waals surface area contributed by atoms with Crippen LogP contribution in [0.15, 0.2) is 24.3 Å². The molecule has 2 aliphatic heterocycles. The highest BCUT2D eigenvalue weighted by molar-refractivity contribution is 5.91. The topological polar surface area (TPSA) is 44.4 Å². The smallest absolute Gasteiger partial charge is 0.319 e. The molecule has 4 nitrogen and oxygen atoms in total. The fraction of sp³-hybridized carbons (Fsp3) is 0.533. The first-order chi connectivity index (χ1) is 9.19. The summed E-state index contributed by atoms with van der Waals surface area (Å²) < 4.78 is 0. The zero-order valence-electron chi connectivity index (χ0n) is 11.4. The van der Waals surface area contributed by atoms with Gasteiger partial charge in [0.15, 0.2) is 0 Å². The zero-order chi connectivity index (χ0) is 13.3. The first-order valence-corrected chi connectivity index (χ1v) is 7.06. The van der Waals surface area contributed by atoms with Crippen molar-refractivity contribution in [3.8, 4) is 0 Å². The van der Waals surface area contributed by atoms with Crippen LogP contribution in [0.4, 0.5) is 10.5 Å². The number of hydrogen-bond donors (Lipinski definition) is 2. The van der Waals surface area contributed by atoms with Gasteiger partial charge in [-0.3, -0.25) is 0 Å². The van der Waals surface area contributed by atoms with E-state index in [0.717, 1.165) is 44.6 Å². The van der Waals surface area contributed by atoms with Gasteiger partial charge in [-0.15, -0.1) is 0 Å². The van der Waals surface area contributed by atoms with Crippen LogP contribution in [-0.2, 0) is 6.42 Å². The van der Waals surface area contributed by atoms with Crippen LogP contribution in [-0.4, -0.2) is 36.1 Å². The van der Waals surface area contributed by atoms with E-state index in [4.69, 9.17) is 0 Å². The van der Waals surface area contributed by atoms with Gasteiger partial charge in [0, 0.05) is 17.8 Å². The highest BCUT2D eigenvalue weighted by Crippen LogP contribution is 2.29. The lowest BCUT2D eigenvalue weighted by Crippen LogP contribution is -2.56. The molecule has 0 saturated carbocycles. The van der Waals surface area contributed by atoms with E-state index in [-0.39, 0.29) is 11.6 Å². The standard InChI is InChI=1S/C15H21N3O/c1-15(7-9-16-10-8-15)18-11-6-12-4-2-3-5-13(12)17-14(18)19/h2-5,16H,6-11H2,1H3,(H,17,19). The number of carbonyl (C=O) groups excluding carboxylic acids is 1. The van der Waals surface area contributed by atoms with Crippen LogP contribution in [0.3, 0.4) is 0 Å². The number of amides is 2. The number of nitrogens with one attached hydrogen (secondary N) is 2. The van der Waals surface area contributed by atoms with Crippen molar-refractivity contribution in [1.29, 1.82) is 0 Å². The van der Waals surface area contributed by atoms with E-state index >= 15 is 0 Å². The molecule has 0 spiro atoms. The molecule has 0 aliphatic carbocycles. The number of hydrogen-bond acceptors (Lipinski definition) is 2. The van der Waals surface area contributed by atoms with Crippen molar-refractivity contribution < 1.29 is 4.79 Å². The minimum Gasteiger partial charge on any atom is -0.319 e. The average molecular weight is 259 g/mol. The van der Waals surface area contributed by atoms with E-state index in [9.17, 15) is 4.79 Å². The minimum atomic E-state index is -0.0165. The summed E-state index contributed by atoms with van der Waals surface area (Å²) in [6.45, 7) is 5.00. The van der Waals surface area contributed by atoms with Crippen molar-refractivity contribution >= 4 is 11.7 Å². The Morgan fingerprint density at radius 2 is 1.95 bits per heavy atom. The van der Waals surface area contributed by atoms with Gasteiger partial charge < -0.3 is 15.5 Å². The molecule has 0 aromatic heterocycles. The molecule has 2 N–H and O–H groups in total. The summed E-state index contributed by atoms with van der Waals surface area (Å²) in [6.07, 6.45) is 2.98. The number of fused-ring (bicyclic) bond motifs is 1. The van der Waals surface area contributed by atoms with Gasteiger partial charge in [0.2, 0.25) is 0 Å². The number of piperidine rings is 1. The summed E-state index contributed by atoms with van der Waals surface area (Å²) in [6, 6.07) is 8.15. The molecule has 1 fully saturated rings. The van der Waals surface area contributed by atoms with Crippen molar-refractivity contribution in [2.75, 3.05) is 25.0 Å². The third-order valence-corrected chi connectivity index (χ3v) is 4.44. The first kappa shape index (κ1) is 12.5. The fourth-order valence-corrected chi connectivity index (χ4v) is 3.13. The number of carbonyl (C=O) groups is 1. The molecule has 0 unspecified atom stereocenters. The van der Waals surface area contributed by atoms with E-state index in [1.54, 1.807) is 0 Å². The van der Waals surface area contributed by atoms with Gasteiger partial charge in [0.05, 0.1) is 0 Å². The lowest BCUT2D eigenvalue weighted by atomic mass is 9.88. The van der Waals surface area contributed by atoms with Crippen LogP contribution in [0, 0.1) is 0 Å². The van der Waals surface area contributed by atoms with Gasteiger partial charge in [-0.2, -0.15) is 0 Å². The predicted octanol–water partition coefficient (Wildman–Crippen LogP) is 2.22. The molecular formula is C15H21N3O. The van der Waals surface area contributed by atoms with Crippen LogP contribution < -0.4 is 10.6 Å². The van der Waals surface area contributed by atoms with Crippen LogP contribution in [0.25, 0.3) is 0 Å². The summed E-state index contributed by atoms with van der Waals surface area (Å²) in [5, 5.41) is 6.43. The van der Waals surface area contributed by atoms with E-state index in [2.05, 4.69) is 23.6 Å². The summed E-state index contributed by atoms with van der Waals surface area (Å²) in [7, 11) is 0. The summed E-state index contributed by atoms with van der Waals surface area (Å²) in [5.41, 5.74) is 2.18. The van der Waals surface area contributed by atoms with Gasteiger partial charge in [-0.1, -0.05) is 18.2 Å². The Hall–Kier alpha value is -1.55. The summed E-state index contributed by atoms with van der Waals surface area (Å²) >= 11 is 0. The maximum Gasteiger partial charge on any atom is 0.322 e. The Morgan fingerprint density at radius 1 is 1.21 bits per heavy atom. The van der Waals surface area contributed by atoms with E-state index in [1.165, 1.54) is 5.56 Å². The molecule has 1 aromatic carbocycles. The maximum absolute atomic E-state index is 12.5. The second-order valence-electron chi connectivity index (χ2n) is 5.74. The molecule has 1 aromatic rings. The molecule has 1 saturated heterocycles. The largest absolute Gasteiger partial charge is 0.322 e. The van der Waals surface area contributed by atoms with E-state index < -0.39 is 0 Å². The molecule has 0 bridgehead atoms. The molecule has 2 heterocycles. The van der Waals surface area contributed by atoms with E-state index in [1.807, 2.05) is 23.1 Å². The van der Waals surface area contributed by atoms with Crippen LogP contribution in [0.5, 0.6) is 0 Å². The molecule has 19 heavy (non-hydrogen) atoms. The average Bonchev–Trinajstić information content (AvgIpc) is 2.58. The number of urea groups is 1. The Balaban J connectivity index is 1.84. The summed E-state index contributed by atoms with van der Waals surface area (Å²) in [5.74, 6) is 0. The third kappa shape index (κ3) is 2.32. The second kappa shape index (κ2) is 4.85. The van der Waals surface area contributed by atoms with Crippen molar-refractivity contribution in [2.45, 2.75) is 31.7 Å². The number of para-hydroxylation sites is 1. The number of benzene rings is 1. The molecule has 102 valence electrons. The maximum atomic E-state index is 12.5. The first-order valence-electron chi connectivity index (χ1n) is 7.06. The van der Waals surface area contributed by atoms with Gasteiger partial charge in [-0.05, 0) is 50.9 Å². The van der Waals surface area contributed by atoms with E-state index in [0.29, 0.717) is 0 Å². The van der Waals surface area contributed by atoms with Crippen LogP contribution in [0.2, 0.25) is 0 Å². The SMILES string of the molecule is CC1(N2CCc3ccccc3NC2=O)CCNCC1. The second-order valence-corrected chi connectivity index (χ2v) is 5.74. The quantitative estimate of drug-likeness (QED) is 0.812. The molecule has 4 heteroatoms. The Labute approximate surface area is 114 Å². The molecule has 2 aliphatic rings. The zero-order valence-corrected chi connectivity index (χ0v) is 11.4. The normalized spacial score (nSPS) is 22.4. The van der Waals surface area contributed by atoms with Crippen molar-refractivity contribution in [3.05, 3.63) is 29.8 Å². The highest BCUT2D eigenvalue weighted by Gasteiger charge is 2.37. The molecule has 0 radical (unpaired) electrons. The highest BCUT2D eigenvalue weighted by atomic mass is 16.2. The summed E-state index contributed by atoms with van der Waals surface area (Å²) in [4.78, 5) is 14.5. The lowest BCUT2D eigenvalue weighted by molar-refractivity contribution is 0.108. The van der Waals surface area contributed by atoms with Crippen molar-refractivity contribution in [3.63, 3.8) is 0 Å².